The maximum atomic E-state index is 12.9. The molecule has 43 heavy (non-hydrogen) atoms. The summed E-state index contributed by atoms with van der Waals surface area (Å²) in [5.74, 6) is -7.38. The van der Waals surface area contributed by atoms with Gasteiger partial charge in [-0.25, -0.2) is 19.2 Å². The first-order chi connectivity index (χ1) is 19.9. The lowest BCUT2D eigenvalue weighted by Gasteiger charge is -2.39. The van der Waals surface area contributed by atoms with Crippen LogP contribution in [0, 0.1) is 10.1 Å². The number of anilines is 2. The number of nitro benzene ring substituents is 1. The van der Waals surface area contributed by atoms with Crippen molar-refractivity contribution in [3.63, 3.8) is 0 Å². The zero-order valence-electron chi connectivity index (χ0n) is 22.6. The maximum absolute atomic E-state index is 12.9. The molecule has 0 saturated carbocycles. The number of carbonyl (C=O) groups is 5. The zero-order valence-corrected chi connectivity index (χ0v) is 22.6. The molecule has 0 bridgehead atoms. The lowest BCUT2D eigenvalue weighted by Crippen LogP contribution is -2.54. The number of carbonyl (C=O) groups excluding carboxylic acids is 1. The third-order valence-corrected chi connectivity index (χ3v) is 5.90. The Hall–Kier alpha value is -5.26. The normalized spacial score (nSPS) is 13.7. The van der Waals surface area contributed by atoms with E-state index < -0.39 is 52.3 Å². The molecular weight excluding hydrogens is 589 g/mol. The third kappa shape index (κ3) is 10.9. The summed E-state index contributed by atoms with van der Waals surface area (Å²) >= 11 is 0. The number of hydrogen-bond donors (Lipinski definition) is 4. The number of likely N-dealkylation sites (N-methyl/N-ethyl adjacent to an activating group) is 1. The van der Waals surface area contributed by atoms with Crippen molar-refractivity contribution in [2.75, 3.05) is 43.0 Å². The van der Waals surface area contributed by atoms with Gasteiger partial charge in [-0.2, -0.15) is 13.2 Å². The molecule has 0 spiro atoms. The van der Waals surface area contributed by atoms with Crippen LogP contribution in [0.15, 0.2) is 48.5 Å². The van der Waals surface area contributed by atoms with Gasteiger partial charge in [-0.3, -0.25) is 19.8 Å². The summed E-state index contributed by atoms with van der Waals surface area (Å²) in [4.78, 5) is 65.0. The fourth-order valence-corrected chi connectivity index (χ4v) is 3.68. The molecule has 1 amide bonds. The highest BCUT2D eigenvalue weighted by Crippen LogP contribution is 2.36. The quantitative estimate of drug-likeness (QED) is 0.215. The van der Waals surface area contributed by atoms with Crippen LogP contribution in [0.2, 0.25) is 0 Å². The molecule has 1 aliphatic heterocycles. The fraction of sp³-hybridized carbons (Fsp3) is 0.320. The zero-order chi connectivity index (χ0) is 33.1. The molecule has 234 valence electrons. The van der Waals surface area contributed by atoms with Crippen LogP contribution in [-0.2, 0) is 30.1 Å². The SMILES string of the molecule is CC(C(=O)N(C)c1ccccc1)N1CCN(c2ccc(C(F)(F)F)cc2[N+](=O)[O-])CC1.O=C(O)C(=O)O.O=C(O)C(=O)O. The molecule has 2 aromatic rings. The third-order valence-electron chi connectivity index (χ3n) is 5.90. The molecule has 3 rings (SSSR count). The largest absolute Gasteiger partial charge is 0.473 e. The molecule has 2 aromatic carbocycles. The van der Waals surface area contributed by atoms with E-state index in [1.807, 2.05) is 35.2 Å². The van der Waals surface area contributed by atoms with Crippen LogP contribution in [-0.4, -0.2) is 99.3 Å². The van der Waals surface area contributed by atoms with Gasteiger partial charge in [-0.15, -0.1) is 0 Å². The Kier molecular flexibility index (Phi) is 13.0. The standard InChI is InChI=1S/C21H23F3N4O3.2C2H2O4/c1-15(20(29)25(2)17-6-4-3-5-7-17)26-10-12-27(13-11-26)18-9-8-16(21(22,23)24)14-19(18)28(30)31;2*3-1(4)2(5)6/h3-9,14-15H,10-13H2,1-2H3;2*(H,3,4)(H,5,6). The van der Waals surface area contributed by atoms with E-state index in [-0.39, 0.29) is 11.6 Å². The number of para-hydroxylation sites is 1. The number of alkyl halides is 3. The second-order valence-corrected chi connectivity index (χ2v) is 8.61. The molecule has 1 aliphatic rings. The minimum absolute atomic E-state index is 0.0832. The summed E-state index contributed by atoms with van der Waals surface area (Å²) in [5, 5.41) is 40.9. The van der Waals surface area contributed by atoms with Crippen LogP contribution < -0.4 is 9.80 Å². The summed E-state index contributed by atoms with van der Waals surface area (Å²) in [6, 6.07) is 11.4. The molecule has 1 saturated heterocycles. The van der Waals surface area contributed by atoms with Crippen LogP contribution in [0.25, 0.3) is 0 Å². The molecule has 0 aromatic heterocycles. The minimum Gasteiger partial charge on any atom is -0.473 e. The molecule has 18 heteroatoms. The molecule has 1 fully saturated rings. The average molecular weight is 617 g/mol. The van der Waals surface area contributed by atoms with Crippen molar-refractivity contribution in [1.29, 1.82) is 0 Å². The van der Waals surface area contributed by atoms with Crippen LogP contribution >= 0.6 is 0 Å². The molecule has 4 N–H and O–H groups in total. The maximum Gasteiger partial charge on any atom is 0.416 e. The van der Waals surface area contributed by atoms with Gasteiger partial charge < -0.3 is 30.2 Å². The highest BCUT2D eigenvalue weighted by Gasteiger charge is 2.35. The van der Waals surface area contributed by atoms with Gasteiger partial charge in [0.2, 0.25) is 5.91 Å². The number of piperazine rings is 1. The van der Waals surface area contributed by atoms with Gasteiger partial charge in [0.25, 0.3) is 5.69 Å². The predicted molar refractivity (Wildman–Crippen MR) is 142 cm³/mol. The Morgan fingerprint density at radius 1 is 0.860 bits per heavy atom. The first-order valence-corrected chi connectivity index (χ1v) is 12.0. The number of carboxylic acid groups (broad SMARTS) is 4. The van der Waals surface area contributed by atoms with Gasteiger partial charge in [0.05, 0.1) is 16.5 Å². The van der Waals surface area contributed by atoms with E-state index in [0.29, 0.717) is 32.2 Å². The molecule has 0 aliphatic carbocycles. The van der Waals surface area contributed by atoms with Crippen molar-refractivity contribution in [2.45, 2.75) is 19.1 Å². The number of amides is 1. The molecule has 15 nitrogen and oxygen atoms in total. The fourth-order valence-electron chi connectivity index (χ4n) is 3.68. The molecular formula is C25H27F3N4O11. The van der Waals surface area contributed by atoms with Crippen molar-refractivity contribution in [1.82, 2.24) is 4.90 Å². The predicted octanol–water partition coefficient (Wildman–Crippen LogP) is 2.10. The van der Waals surface area contributed by atoms with Crippen molar-refractivity contribution < 1.29 is 62.5 Å². The van der Waals surface area contributed by atoms with Gasteiger partial charge in [0.1, 0.15) is 5.69 Å². The molecule has 0 radical (unpaired) electrons. The van der Waals surface area contributed by atoms with Crippen molar-refractivity contribution in [3.05, 3.63) is 64.2 Å². The highest BCUT2D eigenvalue weighted by molar-refractivity contribution is 6.27. The Morgan fingerprint density at radius 2 is 1.33 bits per heavy atom. The Morgan fingerprint density at radius 3 is 1.72 bits per heavy atom. The monoisotopic (exact) mass is 616 g/mol. The number of aliphatic carboxylic acids is 4. The van der Waals surface area contributed by atoms with E-state index in [1.54, 1.807) is 23.8 Å². The topological polar surface area (TPSA) is 219 Å². The second-order valence-electron chi connectivity index (χ2n) is 8.61. The average Bonchev–Trinajstić information content (AvgIpc) is 2.96. The minimum atomic E-state index is -4.65. The first-order valence-electron chi connectivity index (χ1n) is 12.0. The lowest BCUT2D eigenvalue weighted by molar-refractivity contribution is -0.384. The van der Waals surface area contributed by atoms with Crippen LogP contribution in [0.1, 0.15) is 12.5 Å². The Labute approximate surface area is 241 Å². The highest BCUT2D eigenvalue weighted by atomic mass is 19.4. The molecule has 1 atom stereocenters. The summed E-state index contributed by atoms with van der Waals surface area (Å²) in [5.41, 5.74) is -0.697. The summed E-state index contributed by atoms with van der Waals surface area (Å²) in [6.07, 6.45) is -4.65. The van der Waals surface area contributed by atoms with Gasteiger partial charge in [0.15, 0.2) is 0 Å². The van der Waals surface area contributed by atoms with E-state index in [2.05, 4.69) is 0 Å². The number of rotatable bonds is 5. The second kappa shape index (κ2) is 15.7. The number of hydrogen-bond acceptors (Lipinski definition) is 9. The Bertz CT molecular complexity index is 1280. The number of nitro groups is 1. The summed E-state index contributed by atoms with van der Waals surface area (Å²) in [6.45, 7) is 3.43. The lowest BCUT2D eigenvalue weighted by atomic mass is 10.1. The number of benzene rings is 2. The van der Waals surface area contributed by atoms with E-state index in [1.165, 1.54) is 0 Å². The van der Waals surface area contributed by atoms with E-state index >= 15 is 0 Å². The molecule has 1 heterocycles. The number of nitrogens with zero attached hydrogens (tertiary/aromatic N) is 4. The van der Waals surface area contributed by atoms with Crippen LogP contribution in [0.5, 0.6) is 0 Å². The van der Waals surface area contributed by atoms with E-state index in [4.69, 9.17) is 39.6 Å². The Balaban J connectivity index is 0.000000649. The summed E-state index contributed by atoms with van der Waals surface area (Å²) in [7, 11) is 1.70. The molecule has 1 unspecified atom stereocenters. The van der Waals surface area contributed by atoms with Crippen molar-refractivity contribution in [2.24, 2.45) is 0 Å². The first kappa shape index (κ1) is 35.8. The van der Waals surface area contributed by atoms with E-state index in [9.17, 15) is 28.1 Å². The summed E-state index contributed by atoms with van der Waals surface area (Å²) < 4.78 is 38.8. The van der Waals surface area contributed by atoms with Gasteiger partial charge in [0, 0.05) is 45.0 Å². The van der Waals surface area contributed by atoms with Crippen LogP contribution in [0.4, 0.5) is 30.2 Å². The smallest absolute Gasteiger partial charge is 0.416 e. The van der Waals surface area contributed by atoms with Gasteiger partial charge in [-0.1, -0.05) is 18.2 Å². The van der Waals surface area contributed by atoms with Gasteiger partial charge >= 0.3 is 30.1 Å². The van der Waals surface area contributed by atoms with Crippen molar-refractivity contribution in [3.8, 4) is 0 Å². The number of halogens is 3. The van der Waals surface area contributed by atoms with Gasteiger partial charge in [-0.05, 0) is 31.2 Å². The van der Waals surface area contributed by atoms with E-state index in [0.717, 1.165) is 17.8 Å². The van der Waals surface area contributed by atoms with Crippen molar-refractivity contribution >= 4 is 46.8 Å². The van der Waals surface area contributed by atoms with Crippen LogP contribution in [0.3, 0.4) is 0 Å². The number of carboxylic acids is 4.